The maximum atomic E-state index is 5.39. The predicted molar refractivity (Wildman–Crippen MR) is 81.6 cm³/mol. The van der Waals surface area contributed by atoms with E-state index >= 15 is 0 Å². The fraction of sp³-hybridized carbons (Fsp3) is 0.167. The Labute approximate surface area is 118 Å². The van der Waals surface area contributed by atoms with Crippen LogP contribution in [0, 0.1) is 6.92 Å². The van der Waals surface area contributed by atoms with E-state index in [1.165, 1.54) is 9.75 Å². The molecular formula is C12H13N5S2. The number of fused-ring (bicyclic) bond motifs is 1. The van der Waals surface area contributed by atoms with Gasteiger partial charge < -0.3 is 5.32 Å². The first-order valence-electron chi connectivity index (χ1n) is 5.77. The molecule has 3 aromatic rings. The smallest absolute Gasteiger partial charge is 0.240 e. The molecule has 3 rings (SSSR count). The third kappa shape index (κ3) is 2.53. The molecule has 0 bridgehead atoms. The number of nitrogens with zero attached hydrogens (tertiary/aromatic N) is 2. The summed E-state index contributed by atoms with van der Waals surface area (Å²) in [6.07, 6.45) is 0. The molecule has 0 saturated carbocycles. The number of nitrogens with one attached hydrogen (secondary N) is 2. The lowest BCUT2D eigenvalue weighted by Crippen LogP contribution is -2.11. The van der Waals surface area contributed by atoms with Crippen LogP contribution in [0.4, 0.5) is 11.8 Å². The SMILES string of the molecule is Cc1ccc(CNc2nc(NN)nc3sccc23)s1. The van der Waals surface area contributed by atoms with E-state index in [1.54, 1.807) is 22.7 Å². The Balaban J connectivity index is 1.88. The highest BCUT2D eigenvalue weighted by Crippen LogP contribution is 2.27. The molecule has 5 nitrogen and oxygen atoms in total. The summed E-state index contributed by atoms with van der Waals surface area (Å²) in [6.45, 7) is 2.86. The van der Waals surface area contributed by atoms with Gasteiger partial charge in [-0.15, -0.1) is 22.7 Å². The molecule has 0 aromatic carbocycles. The van der Waals surface area contributed by atoms with Crippen LogP contribution in [0.2, 0.25) is 0 Å². The van der Waals surface area contributed by atoms with Crippen molar-refractivity contribution in [3.8, 4) is 0 Å². The lowest BCUT2D eigenvalue weighted by Gasteiger charge is -2.07. The van der Waals surface area contributed by atoms with Crippen LogP contribution in [0.25, 0.3) is 10.2 Å². The van der Waals surface area contributed by atoms with Crippen LogP contribution < -0.4 is 16.6 Å². The molecule has 0 aliphatic heterocycles. The number of hydrogen-bond acceptors (Lipinski definition) is 7. The molecule has 0 atom stereocenters. The number of rotatable bonds is 4. The third-order valence-electron chi connectivity index (χ3n) is 2.68. The predicted octanol–water partition coefficient (Wildman–Crippen LogP) is 2.96. The van der Waals surface area contributed by atoms with E-state index in [-0.39, 0.29) is 0 Å². The van der Waals surface area contributed by atoms with Crippen LogP contribution >= 0.6 is 22.7 Å². The number of anilines is 2. The van der Waals surface area contributed by atoms with Crippen molar-refractivity contribution in [1.82, 2.24) is 9.97 Å². The van der Waals surface area contributed by atoms with Gasteiger partial charge in [0.2, 0.25) is 5.95 Å². The molecule has 3 heterocycles. The van der Waals surface area contributed by atoms with Crippen LogP contribution in [-0.4, -0.2) is 9.97 Å². The second-order valence-electron chi connectivity index (χ2n) is 4.05. The number of hydrogen-bond donors (Lipinski definition) is 3. The summed E-state index contributed by atoms with van der Waals surface area (Å²) < 4.78 is 0. The van der Waals surface area contributed by atoms with Crippen LogP contribution in [0.15, 0.2) is 23.6 Å². The van der Waals surface area contributed by atoms with Crippen molar-refractivity contribution >= 4 is 44.7 Å². The lowest BCUT2D eigenvalue weighted by molar-refractivity contribution is 1.11. The zero-order valence-corrected chi connectivity index (χ0v) is 11.9. The summed E-state index contributed by atoms with van der Waals surface area (Å²) in [6, 6.07) is 6.26. The molecule has 0 radical (unpaired) electrons. The first-order valence-corrected chi connectivity index (χ1v) is 7.47. The Morgan fingerprint density at radius 2 is 2.16 bits per heavy atom. The minimum atomic E-state index is 0.430. The summed E-state index contributed by atoms with van der Waals surface area (Å²) in [5.41, 5.74) is 2.50. The van der Waals surface area contributed by atoms with E-state index in [0.29, 0.717) is 5.95 Å². The highest BCUT2D eigenvalue weighted by Gasteiger charge is 2.08. The van der Waals surface area contributed by atoms with E-state index in [0.717, 1.165) is 22.6 Å². The second-order valence-corrected chi connectivity index (χ2v) is 6.31. The van der Waals surface area contributed by atoms with Gasteiger partial charge in [0.1, 0.15) is 10.6 Å². The van der Waals surface area contributed by atoms with Gasteiger partial charge in [0.05, 0.1) is 11.9 Å². The van der Waals surface area contributed by atoms with Gasteiger partial charge in [-0.25, -0.2) is 10.8 Å². The van der Waals surface area contributed by atoms with Gasteiger partial charge >= 0.3 is 0 Å². The highest BCUT2D eigenvalue weighted by atomic mass is 32.1. The quantitative estimate of drug-likeness (QED) is 0.509. The largest absolute Gasteiger partial charge is 0.364 e. The molecule has 0 fully saturated rings. The monoisotopic (exact) mass is 291 g/mol. The van der Waals surface area contributed by atoms with Crippen molar-refractivity contribution in [2.75, 3.05) is 10.7 Å². The fourth-order valence-electron chi connectivity index (χ4n) is 1.81. The first-order chi connectivity index (χ1) is 9.26. The average Bonchev–Trinajstić information content (AvgIpc) is 3.04. The van der Waals surface area contributed by atoms with Crippen molar-refractivity contribution in [2.24, 2.45) is 5.84 Å². The minimum Gasteiger partial charge on any atom is -0.364 e. The van der Waals surface area contributed by atoms with Crippen molar-refractivity contribution in [2.45, 2.75) is 13.5 Å². The molecule has 19 heavy (non-hydrogen) atoms. The van der Waals surface area contributed by atoms with Gasteiger partial charge in [-0.1, -0.05) is 0 Å². The standard InChI is InChI=1S/C12H13N5S2/c1-7-2-3-8(19-7)6-14-10-9-4-5-18-11(9)16-12(15-10)17-13/h2-5H,6,13H2,1H3,(H2,14,15,16,17). The van der Waals surface area contributed by atoms with Gasteiger partial charge in [-0.05, 0) is 30.5 Å². The van der Waals surface area contributed by atoms with Crippen molar-refractivity contribution in [3.05, 3.63) is 33.3 Å². The van der Waals surface area contributed by atoms with Crippen LogP contribution in [-0.2, 0) is 6.54 Å². The molecule has 3 aromatic heterocycles. The zero-order chi connectivity index (χ0) is 13.2. The fourth-order valence-corrected chi connectivity index (χ4v) is 3.40. The van der Waals surface area contributed by atoms with Gasteiger partial charge in [0, 0.05) is 9.75 Å². The summed E-state index contributed by atoms with van der Waals surface area (Å²) in [5.74, 6) is 6.63. The van der Waals surface area contributed by atoms with E-state index < -0.39 is 0 Å². The molecule has 0 amide bonds. The Morgan fingerprint density at radius 3 is 2.89 bits per heavy atom. The number of nitrogen functional groups attached to an aromatic ring is 1. The Morgan fingerprint density at radius 1 is 1.26 bits per heavy atom. The molecule has 4 N–H and O–H groups in total. The summed E-state index contributed by atoms with van der Waals surface area (Å²) in [5, 5.41) is 6.37. The van der Waals surface area contributed by atoms with Crippen molar-refractivity contribution in [3.63, 3.8) is 0 Å². The number of thiophene rings is 2. The minimum absolute atomic E-state index is 0.430. The van der Waals surface area contributed by atoms with E-state index in [4.69, 9.17) is 5.84 Å². The molecule has 0 aliphatic carbocycles. The molecule has 0 saturated heterocycles. The number of hydrazine groups is 1. The van der Waals surface area contributed by atoms with Gasteiger partial charge in [-0.3, -0.25) is 5.43 Å². The summed E-state index contributed by atoms with van der Waals surface area (Å²) in [4.78, 5) is 12.2. The topological polar surface area (TPSA) is 75.9 Å². The van der Waals surface area contributed by atoms with E-state index in [9.17, 15) is 0 Å². The Hall–Kier alpha value is -1.70. The maximum absolute atomic E-state index is 5.39. The maximum Gasteiger partial charge on any atom is 0.240 e. The van der Waals surface area contributed by atoms with Crippen molar-refractivity contribution < 1.29 is 0 Å². The zero-order valence-electron chi connectivity index (χ0n) is 10.3. The van der Waals surface area contributed by atoms with Gasteiger partial charge in [0.15, 0.2) is 0 Å². The molecule has 0 aliphatic rings. The first kappa shape index (κ1) is 12.3. The Bertz CT molecular complexity index is 703. The van der Waals surface area contributed by atoms with E-state index in [1.807, 2.05) is 11.4 Å². The molecule has 7 heteroatoms. The number of aryl methyl sites for hydroxylation is 1. The third-order valence-corrected chi connectivity index (χ3v) is 4.49. The van der Waals surface area contributed by atoms with Crippen LogP contribution in [0.5, 0.6) is 0 Å². The van der Waals surface area contributed by atoms with Crippen LogP contribution in [0.1, 0.15) is 9.75 Å². The number of nitrogens with two attached hydrogens (primary N) is 1. The number of aromatic nitrogens is 2. The summed E-state index contributed by atoms with van der Waals surface area (Å²) in [7, 11) is 0. The van der Waals surface area contributed by atoms with E-state index in [2.05, 4.69) is 39.8 Å². The molecule has 0 spiro atoms. The van der Waals surface area contributed by atoms with Crippen molar-refractivity contribution in [1.29, 1.82) is 0 Å². The second kappa shape index (κ2) is 5.12. The van der Waals surface area contributed by atoms with Gasteiger partial charge in [0.25, 0.3) is 0 Å². The lowest BCUT2D eigenvalue weighted by atomic mass is 10.3. The highest BCUT2D eigenvalue weighted by molar-refractivity contribution is 7.16. The molecule has 98 valence electrons. The average molecular weight is 291 g/mol. The molecule has 0 unspecified atom stereocenters. The normalized spacial score (nSPS) is 10.8. The Kier molecular flexibility index (Phi) is 3.33. The van der Waals surface area contributed by atoms with Crippen LogP contribution in [0.3, 0.4) is 0 Å². The summed E-state index contributed by atoms with van der Waals surface area (Å²) >= 11 is 3.35. The molecular weight excluding hydrogens is 278 g/mol. The van der Waals surface area contributed by atoms with Gasteiger partial charge in [-0.2, -0.15) is 4.98 Å².